The van der Waals surface area contributed by atoms with Crippen LogP contribution < -0.4 is 5.32 Å². The summed E-state index contributed by atoms with van der Waals surface area (Å²) in [7, 11) is 0. The van der Waals surface area contributed by atoms with Crippen LogP contribution in [0.1, 0.15) is 48.5 Å². The van der Waals surface area contributed by atoms with E-state index in [0.717, 1.165) is 42.0 Å². The van der Waals surface area contributed by atoms with Gasteiger partial charge >= 0.3 is 5.97 Å². The highest BCUT2D eigenvalue weighted by Gasteiger charge is 2.39. The van der Waals surface area contributed by atoms with Crippen LogP contribution in [0.2, 0.25) is 0 Å². The van der Waals surface area contributed by atoms with Crippen molar-refractivity contribution in [3.05, 3.63) is 65.7 Å². The highest BCUT2D eigenvalue weighted by Crippen LogP contribution is 2.40. The lowest BCUT2D eigenvalue weighted by molar-refractivity contribution is -0.113. The molecule has 160 valence electrons. The third-order valence-electron chi connectivity index (χ3n) is 5.32. The fraction of sp³-hybridized carbons (Fsp3) is 0.333. The van der Waals surface area contributed by atoms with E-state index in [1.54, 1.807) is 31.2 Å². The number of nitrogens with zero attached hydrogens (tertiary/aromatic N) is 2. The van der Waals surface area contributed by atoms with Gasteiger partial charge in [0.15, 0.2) is 5.66 Å². The molecule has 1 fully saturated rings. The van der Waals surface area contributed by atoms with E-state index in [4.69, 9.17) is 14.7 Å². The smallest absolute Gasteiger partial charge is 0.340 e. The van der Waals surface area contributed by atoms with E-state index in [2.05, 4.69) is 5.32 Å². The molecule has 2 aliphatic rings. The summed E-state index contributed by atoms with van der Waals surface area (Å²) in [6.45, 7) is 2.03. The Balaban J connectivity index is 1.47. The molecule has 0 atom stereocenters. The number of aliphatic imine (C=N–C) groups is 2. The van der Waals surface area contributed by atoms with Gasteiger partial charge in [-0.1, -0.05) is 54.2 Å². The Kier molecular flexibility index (Phi) is 6.51. The zero-order chi connectivity index (χ0) is 21.7. The zero-order valence-corrected chi connectivity index (χ0v) is 18.3. The first-order chi connectivity index (χ1) is 15.1. The number of thioether (sulfide) groups is 1. The standard InChI is InChI=1S/C24H25N3O3S/c1-2-30-23(29)18-12-6-7-13-19(18)25-20(28)16-31-22-21(17-10-4-3-5-11-17)26-24(27-22)14-8-9-15-24/h3-7,10-13H,2,8-9,14-16H2,1H3,(H,25,28). The van der Waals surface area contributed by atoms with Crippen molar-refractivity contribution in [3.8, 4) is 0 Å². The van der Waals surface area contributed by atoms with Crippen LogP contribution in [0.4, 0.5) is 5.69 Å². The first-order valence-corrected chi connectivity index (χ1v) is 11.5. The highest BCUT2D eigenvalue weighted by molar-refractivity contribution is 8.16. The SMILES string of the molecule is CCOC(=O)c1ccccc1NC(=O)CSC1=NC2(CCCC2)N=C1c1ccccc1. The van der Waals surface area contributed by atoms with Crippen LogP contribution in [0.25, 0.3) is 0 Å². The lowest BCUT2D eigenvalue weighted by Crippen LogP contribution is -2.19. The molecule has 2 aromatic rings. The quantitative estimate of drug-likeness (QED) is 0.667. The molecule has 0 saturated heterocycles. The molecule has 0 unspecified atom stereocenters. The Morgan fingerprint density at radius 2 is 1.74 bits per heavy atom. The summed E-state index contributed by atoms with van der Waals surface area (Å²) in [6.07, 6.45) is 4.15. The third kappa shape index (κ3) is 4.88. The first-order valence-electron chi connectivity index (χ1n) is 10.5. The number of carbonyl (C=O) groups excluding carboxylic acids is 2. The fourth-order valence-corrected chi connectivity index (χ4v) is 4.75. The molecular weight excluding hydrogens is 410 g/mol. The average molecular weight is 436 g/mol. The largest absolute Gasteiger partial charge is 0.462 e. The van der Waals surface area contributed by atoms with E-state index < -0.39 is 5.97 Å². The van der Waals surface area contributed by atoms with Crippen LogP contribution in [0, 0.1) is 0 Å². The summed E-state index contributed by atoms with van der Waals surface area (Å²) in [5.74, 6) is -0.477. The van der Waals surface area contributed by atoms with E-state index >= 15 is 0 Å². The van der Waals surface area contributed by atoms with Gasteiger partial charge in [0.05, 0.1) is 29.3 Å². The summed E-state index contributed by atoms with van der Waals surface area (Å²) in [4.78, 5) is 34.8. The topological polar surface area (TPSA) is 80.1 Å². The van der Waals surface area contributed by atoms with Crippen LogP contribution in [0.3, 0.4) is 0 Å². The van der Waals surface area contributed by atoms with Crippen LogP contribution in [0.5, 0.6) is 0 Å². The van der Waals surface area contributed by atoms with Crippen molar-refractivity contribution in [2.75, 3.05) is 17.7 Å². The Labute approximate surface area is 186 Å². The Hall–Kier alpha value is -2.93. The van der Waals surface area contributed by atoms with Gasteiger partial charge in [-0.3, -0.25) is 9.79 Å². The fourth-order valence-electron chi connectivity index (χ4n) is 3.87. The van der Waals surface area contributed by atoms with Gasteiger partial charge in [0.1, 0.15) is 5.04 Å². The number of rotatable bonds is 6. The molecule has 4 rings (SSSR count). The molecule has 6 nitrogen and oxygen atoms in total. The minimum absolute atomic E-state index is 0.178. The molecule has 0 radical (unpaired) electrons. The van der Waals surface area contributed by atoms with Crippen LogP contribution in [0.15, 0.2) is 64.6 Å². The van der Waals surface area contributed by atoms with Gasteiger partial charge in [0, 0.05) is 5.56 Å². The van der Waals surface area contributed by atoms with E-state index in [0.29, 0.717) is 11.3 Å². The summed E-state index contributed by atoms with van der Waals surface area (Å²) in [5, 5.41) is 3.64. The van der Waals surface area contributed by atoms with E-state index in [1.165, 1.54) is 11.8 Å². The number of esters is 1. The lowest BCUT2D eigenvalue weighted by atomic mass is 10.1. The van der Waals surface area contributed by atoms with Gasteiger partial charge in [-0.2, -0.15) is 0 Å². The van der Waals surface area contributed by atoms with Crippen molar-refractivity contribution < 1.29 is 14.3 Å². The molecule has 1 aliphatic carbocycles. The molecule has 31 heavy (non-hydrogen) atoms. The van der Waals surface area contributed by atoms with Crippen molar-refractivity contribution >= 4 is 40.1 Å². The van der Waals surface area contributed by atoms with E-state index in [9.17, 15) is 9.59 Å². The molecule has 0 bridgehead atoms. The maximum Gasteiger partial charge on any atom is 0.340 e. The van der Waals surface area contributed by atoms with Gasteiger partial charge in [-0.15, -0.1) is 0 Å². The minimum atomic E-state index is -0.451. The number of anilines is 1. The number of hydrogen-bond acceptors (Lipinski definition) is 6. The Bertz CT molecular complexity index is 1030. The molecule has 7 heteroatoms. The first kappa shape index (κ1) is 21.3. The Morgan fingerprint density at radius 1 is 1.03 bits per heavy atom. The second kappa shape index (κ2) is 9.47. The van der Waals surface area contributed by atoms with Crippen molar-refractivity contribution in [2.24, 2.45) is 9.98 Å². The molecule has 1 amide bonds. The molecule has 1 N–H and O–H groups in total. The molecule has 1 spiro atoms. The maximum absolute atomic E-state index is 12.7. The summed E-state index contributed by atoms with van der Waals surface area (Å²) in [5.41, 5.74) is 2.32. The van der Waals surface area contributed by atoms with Crippen LogP contribution >= 0.6 is 11.8 Å². The minimum Gasteiger partial charge on any atom is -0.462 e. The zero-order valence-electron chi connectivity index (χ0n) is 17.5. The normalized spacial score (nSPS) is 16.7. The summed E-state index contributed by atoms with van der Waals surface area (Å²) < 4.78 is 5.08. The van der Waals surface area contributed by atoms with Crippen LogP contribution in [-0.4, -0.2) is 40.7 Å². The van der Waals surface area contributed by atoms with E-state index in [1.807, 2.05) is 30.3 Å². The van der Waals surface area contributed by atoms with Gasteiger partial charge in [0.25, 0.3) is 0 Å². The number of hydrogen-bond donors (Lipinski definition) is 1. The number of benzene rings is 2. The average Bonchev–Trinajstić information content (AvgIpc) is 3.40. The van der Waals surface area contributed by atoms with Gasteiger partial charge < -0.3 is 10.1 Å². The molecule has 1 aliphatic heterocycles. The second-order valence-corrected chi connectivity index (χ2v) is 8.50. The molecule has 1 heterocycles. The molecule has 0 aromatic heterocycles. The highest BCUT2D eigenvalue weighted by atomic mass is 32.2. The van der Waals surface area contributed by atoms with Gasteiger partial charge in [0.2, 0.25) is 5.91 Å². The number of amides is 1. The second-order valence-electron chi connectivity index (χ2n) is 7.54. The number of para-hydroxylation sites is 1. The maximum atomic E-state index is 12.7. The predicted octanol–water partition coefficient (Wildman–Crippen LogP) is 4.71. The van der Waals surface area contributed by atoms with Crippen molar-refractivity contribution in [2.45, 2.75) is 38.3 Å². The molecule has 1 saturated carbocycles. The predicted molar refractivity (Wildman–Crippen MR) is 125 cm³/mol. The van der Waals surface area contributed by atoms with Crippen molar-refractivity contribution in [1.29, 1.82) is 0 Å². The number of nitrogens with one attached hydrogen (secondary N) is 1. The number of ether oxygens (including phenoxy) is 1. The van der Waals surface area contributed by atoms with Gasteiger partial charge in [-0.05, 0) is 44.7 Å². The Morgan fingerprint density at radius 3 is 2.48 bits per heavy atom. The summed E-state index contributed by atoms with van der Waals surface area (Å²) >= 11 is 1.39. The molecular formula is C24H25N3O3S. The monoisotopic (exact) mass is 435 g/mol. The lowest BCUT2D eigenvalue weighted by Gasteiger charge is -2.14. The number of carbonyl (C=O) groups is 2. The van der Waals surface area contributed by atoms with Crippen LogP contribution in [-0.2, 0) is 9.53 Å². The molecule has 2 aromatic carbocycles. The van der Waals surface area contributed by atoms with Crippen molar-refractivity contribution in [3.63, 3.8) is 0 Å². The van der Waals surface area contributed by atoms with Gasteiger partial charge in [-0.25, -0.2) is 9.79 Å². The summed E-state index contributed by atoms with van der Waals surface area (Å²) in [6, 6.07) is 16.9. The van der Waals surface area contributed by atoms with E-state index in [-0.39, 0.29) is 23.9 Å². The van der Waals surface area contributed by atoms with Crippen molar-refractivity contribution in [1.82, 2.24) is 0 Å². The third-order valence-corrected chi connectivity index (χ3v) is 6.28.